The fourth-order valence-corrected chi connectivity index (χ4v) is 7.89. The van der Waals surface area contributed by atoms with Crippen molar-refractivity contribution in [1.82, 2.24) is 0 Å². The Labute approximate surface area is 259 Å². The van der Waals surface area contributed by atoms with E-state index in [1.807, 2.05) is 11.3 Å². The normalized spacial score (nSPS) is 11.6. The lowest BCUT2D eigenvalue weighted by Crippen LogP contribution is -2.10. The SMILES string of the molecule is c1ccc(N(c2ccc(-c3ccc4c(ccc5ccc6ccccc6c54)c3)cc2)c2cccc3sc4ccccc4c23)cc1. The van der Waals surface area contributed by atoms with Crippen LogP contribution < -0.4 is 4.90 Å². The highest BCUT2D eigenvalue weighted by Gasteiger charge is 2.18. The summed E-state index contributed by atoms with van der Waals surface area (Å²) in [4.78, 5) is 2.39. The Kier molecular flexibility index (Phi) is 5.75. The molecule has 0 amide bonds. The highest BCUT2D eigenvalue weighted by Crippen LogP contribution is 2.45. The Balaban J connectivity index is 1.17. The summed E-state index contributed by atoms with van der Waals surface area (Å²) in [5.74, 6) is 0. The number of benzene rings is 8. The largest absolute Gasteiger partial charge is 0.310 e. The third-order valence-electron chi connectivity index (χ3n) is 8.82. The predicted octanol–water partition coefficient (Wildman–Crippen LogP) is 12.7. The minimum atomic E-state index is 1.14. The van der Waals surface area contributed by atoms with Crippen molar-refractivity contribution in [1.29, 1.82) is 0 Å². The second-order valence-corrected chi connectivity index (χ2v) is 12.4. The van der Waals surface area contributed by atoms with Crippen molar-refractivity contribution in [2.45, 2.75) is 0 Å². The van der Waals surface area contributed by atoms with E-state index in [2.05, 4.69) is 169 Å². The van der Waals surface area contributed by atoms with E-state index in [1.54, 1.807) is 0 Å². The van der Waals surface area contributed by atoms with Crippen molar-refractivity contribution in [3.63, 3.8) is 0 Å². The van der Waals surface area contributed by atoms with Gasteiger partial charge in [0, 0.05) is 31.5 Å². The van der Waals surface area contributed by atoms with Crippen LogP contribution in [0.5, 0.6) is 0 Å². The van der Waals surface area contributed by atoms with Crippen molar-refractivity contribution >= 4 is 80.9 Å². The van der Waals surface area contributed by atoms with Gasteiger partial charge in [-0.15, -0.1) is 11.3 Å². The minimum Gasteiger partial charge on any atom is -0.310 e. The first-order chi connectivity index (χ1) is 21.8. The van der Waals surface area contributed by atoms with E-state index in [-0.39, 0.29) is 0 Å². The summed E-state index contributed by atoms with van der Waals surface area (Å²) in [6.07, 6.45) is 0. The molecule has 9 rings (SSSR count). The van der Waals surface area contributed by atoms with Gasteiger partial charge in [-0.05, 0) is 92.0 Å². The summed E-state index contributed by atoms with van der Waals surface area (Å²) in [5.41, 5.74) is 5.92. The van der Waals surface area contributed by atoms with E-state index in [9.17, 15) is 0 Å². The summed E-state index contributed by atoms with van der Waals surface area (Å²) in [6, 6.07) is 59.7. The molecule has 2 heteroatoms. The van der Waals surface area contributed by atoms with Crippen LogP contribution in [0.15, 0.2) is 164 Å². The van der Waals surface area contributed by atoms with Crippen LogP contribution in [0, 0.1) is 0 Å². The number of para-hydroxylation sites is 1. The summed E-state index contributed by atoms with van der Waals surface area (Å²) < 4.78 is 2.62. The molecule has 0 aliphatic carbocycles. The molecule has 0 spiro atoms. The van der Waals surface area contributed by atoms with Crippen molar-refractivity contribution in [2.24, 2.45) is 0 Å². The van der Waals surface area contributed by atoms with Gasteiger partial charge in [-0.1, -0.05) is 115 Å². The zero-order chi connectivity index (χ0) is 29.0. The van der Waals surface area contributed by atoms with Crippen LogP contribution in [0.25, 0.3) is 63.6 Å². The van der Waals surface area contributed by atoms with Gasteiger partial charge in [-0.2, -0.15) is 0 Å². The van der Waals surface area contributed by atoms with Crippen molar-refractivity contribution < 1.29 is 0 Å². The van der Waals surface area contributed by atoms with E-state index in [0.29, 0.717) is 0 Å². The maximum Gasteiger partial charge on any atom is 0.0554 e. The first-order valence-electron chi connectivity index (χ1n) is 15.0. The molecule has 44 heavy (non-hydrogen) atoms. The van der Waals surface area contributed by atoms with Crippen molar-refractivity contribution in [3.05, 3.63) is 164 Å². The lowest BCUT2D eigenvalue weighted by atomic mass is 9.94. The second-order valence-electron chi connectivity index (χ2n) is 11.4. The molecule has 1 nitrogen and oxygen atoms in total. The lowest BCUT2D eigenvalue weighted by molar-refractivity contribution is 1.30. The van der Waals surface area contributed by atoms with Crippen LogP contribution in [-0.2, 0) is 0 Å². The fraction of sp³-hybridized carbons (Fsp3) is 0. The number of fused-ring (bicyclic) bond motifs is 8. The lowest BCUT2D eigenvalue weighted by Gasteiger charge is -2.26. The molecule has 8 aromatic carbocycles. The maximum atomic E-state index is 2.39. The van der Waals surface area contributed by atoms with Crippen molar-refractivity contribution in [2.75, 3.05) is 4.90 Å². The molecule has 1 aromatic heterocycles. The Hall–Kier alpha value is -5.44. The molecule has 206 valence electrons. The van der Waals surface area contributed by atoms with E-state index < -0.39 is 0 Å². The zero-order valence-corrected chi connectivity index (χ0v) is 24.8. The predicted molar refractivity (Wildman–Crippen MR) is 192 cm³/mol. The monoisotopic (exact) mass is 577 g/mol. The van der Waals surface area contributed by atoms with Crippen LogP contribution in [0.3, 0.4) is 0 Å². The summed E-state index contributed by atoms with van der Waals surface area (Å²) in [5, 5.41) is 10.4. The first kappa shape index (κ1) is 25.1. The zero-order valence-electron chi connectivity index (χ0n) is 23.9. The highest BCUT2D eigenvalue weighted by molar-refractivity contribution is 7.26. The number of thiophene rings is 1. The third-order valence-corrected chi connectivity index (χ3v) is 9.96. The molecule has 0 radical (unpaired) electrons. The summed E-state index contributed by atoms with van der Waals surface area (Å²) in [6.45, 7) is 0. The molecule has 9 aromatic rings. The molecular formula is C42H27NS. The van der Waals surface area contributed by atoms with E-state index in [0.717, 1.165) is 11.4 Å². The Morgan fingerprint density at radius 1 is 0.364 bits per heavy atom. The molecule has 0 aliphatic rings. The number of anilines is 3. The molecule has 1 heterocycles. The number of hydrogen-bond donors (Lipinski definition) is 0. The number of hydrogen-bond acceptors (Lipinski definition) is 2. The van der Waals surface area contributed by atoms with E-state index in [4.69, 9.17) is 0 Å². The molecule has 0 atom stereocenters. The van der Waals surface area contributed by atoms with Gasteiger partial charge < -0.3 is 4.90 Å². The molecule has 0 unspecified atom stereocenters. The van der Waals surface area contributed by atoms with Crippen molar-refractivity contribution in [3.8, 4) is 11.1 Å². The van der Waals surface area contributed by atoms with Gasteiger partial charge in [0.2, 0.25) is 0 Å². The van der Waals surface area contributed by atoms with Crippen LogP contribution in [0.2, 0.25) is 0 Å². The van der Waals surface area contributed by atoms with Gasteiger partial charge in [-0.25, -0.2) is 0 Å². The highest BCUT2D eigenvalue weighted by atomic mass is 32.1. The number of nitrogens with zero attached hydrogens (tertiary/aromatic N) is 1. The van der Waals surface area contributed by atoms with Gasteiger partial charge in [-0.3, -0.25) is 0 Å². The Morgan fingerprint density at radius 3 is 1.86 bits per heavy atom. The fourth-order valence-electron chi connectivity index (χ4n) is 6.76. The minimum absolute atomic E-state index is 1.14. The van der Waals surface area contributed by atoms with Crippen LogP contribution in [0.4, 0.5) is 17.1 Å². The smallest absolute Gasteiger partial charge is 0.0554 e. The third kappa shape index (κ3) is 4.00. The first-order valence-corrected chi connectivity index (χ1v) is 15.8. The van der Waals surface area contributed by atoms with Gasteiger partial charge in [0.25, 0.3) is 0 Å². The van der Waals surface area contributed by atoms with E-state index in [1.165, 1.54) is 69.3 Å². The van der Waals surface area contributed by atoms with Gasteiger partial charge in [0.05, 0.1) is 5.69 Å². The molecule has 0 saturated heterocycles. The van der Waals surface area contributed by atoms with Gasteiger partial charge in [0.15, 0.2) is 0 Å². The van der Waals surface area contributed by atoms with E-state index >= 15 is 0 Å². The van der Waals surface area contributed by atoms with Crippen LogP contribution in [-0.4, -0.2) is 0 Å². The standard InChI is InChI=1S/C42H27NS/c1-2-10-33(11-3-1)43(38-14-8-16-40-42(38)37-13-6-7-15-39(37)44-40)34-24-21-28(22-25-34)31-23-26-36-32(27-31)20-19-30-18-17-29-9-4-5-12-35(29)41(30)36/h1-27H. The van der Waals surface area contributed by atoms with Gasteiger partial charge in [0.1, 0.15) is 0 Å². The molecule has 0 saturated carbocycles. The summed E-state index contributed by atoms with van der Waals surface area (Å²) in [7, 11) is 0. The molecule has 0 aliphatic heterocycles. The quantitative estimate of drug-likeness (QED) is 0.188. The molecular weight excluding hydrogens is 551 g/mol. The van der Waals surface area contributed by atoms with Gasteiger partial charge >= 0.3 is 0 Å². The maximum absolute atomic E-state index is 2.39. The molecule has 0 bridgehead atoms. The van der Waals surface area contributed by atoms with Crippen LogP contribution >= 0.6 is 11.3 Å². The van der Waals surface area contributed by atoms with Crippen LogP contribution in [0.1, 0.15) is 0 Å². The average molecular weight is 578 g/mol. The Bertz CT molecular complexity index is 2490. The number of rotatable bonds is 4. The second kappa shape index (κ2) is 10.1. The average Bonchev–Trinajstić information content (AvgIpc) is 3.48. The molecule has 0 fully saturated rings. The summed E-state index contributed by atoms with van der Waals surface area (Å²) >= 11 is 1.86. The molecule has 0 N–H and O–H groups in total. The topological polar surface area (TPSA) is 3.24 Å². The Morgan fingerprint density at radius 2 is 1.00 bits per heavy atom.